The predicted octanol–water partition coefficient (Wildman–Crippen LogP) is 6.76. The van der Waals surface area contributed by atoms with Gasteiger partial charge >= 0.3 is 5.69 Å². The van der Waals surface area contributed by atoms with E-state index in [1.54, 1.807) is 21.1 Å². The number of benzene rings is 3. The Balaban J connectivity index is 0.000000213. The Bertz CT molecular complexity index is 1530. The zero-order chi connectivity index (χ0) is 30.1. The second-order valence-corrected chi connectivity index (χ2v) is 10.3. The summed E-state index contributed by atoms with van der Waals surface area (Å²) < 4.78 is 21.6. The Kier molecular flexibility index (Phi) is 11.7. The minimum absolute atomic E-state index is 0.0531. The second kappa shape index (κ2) is 14.5. The number of halogens is 2. The van der Waals surface area contributed by atoms with Crippen molar-refractivity contribution in [1.82, 2.24) is 4.98 Å². The van der Waals surface area contributed by atoms with Gasteiger partial charge in [0, 0.05) is 16.6 Å². The molecule has 0 atom stereocenters. The molecule has 40 heavy (non-hydrogen) atoms. The van der Waals surface area contributed by atoms with E-state index in [9.17, 15) is 30.4 Å². The van der Waals surface area contributed by atoms with Crippen LogP contribution in [0.25, 0.3) is 10.2 Å². The molecule has 4 aromatic rings. The molecule has 0 bridgehead atoms. The zero-order valence-electron chi connectivity index (χ0n) is 21.6. The van der Waals surface area contributed by atoms with Crippen molar-refractivity contribution in [3.05, 3.63) is 70.6 Å². The number of aryl methyl sites for hydroxylation is 1. The van der Waals surface area contributed by atoms with Crippen LogP contribution in [0.4, 0.5) is 11.4 Å². The molecule has 214 valence electrons. The number of phenolic OH excluding ortho intramolecular Hbond substituents is 2. The van der Waals surface area contributed by atoms with Crippen molar-refractivity contribution in [3.63, 3.8) is 0 Å². The monoisotopic (exact) mass is 703 g/mol. The summed E-state index contributed by atoms with van der Waals surface area (Å²) in [6.07, 6.45) is 0. The molecular weight excluding hydrogens is 682 g/mol. The summed E-state index contributed by atoms with van der Waals surface area (Å²) in [5.74, 6) is 1.03. The summed E-state index contributed by atoms with van der Waals surface area (Å²) in [6, 6.07) is 9.63. The third-order valence-corrected chi connectivity index (χ3v) is 7.02. The van der Waals surface area contributed by atoms with Crippen LogP contribution in [-0.2, 0) is 0 Å². The fourth-order valence-electron chi connectivity index (χ4n) is 3.10. The number of ether oxygens (including phenoxy) is 4. The molecular formula is C24H23Br2N3O10S. The highest BCUT2D eigenvalue weighted by Crippen LogP contribution is 2.43. The predicted molar refractivity (Wildman–Crippen MR) is 155 cm³/mol. The van der Waals surface area contributed by atoms with Gasteiger partial charge < -0.3 is 29.2 Å². The van der Waals surface area contributed by atoms with E-state index in [0.717, 1.165) is 27.3 Å². The first kappa shape index (κ1) is 32.3. The van der Waals surface area contributed by atoms with Crippen LogP contribution in [0.15, 0.2) is 45.3 Å². The van der Waals surface area contributed by atoms with Crippen LogP contribution >= 0.6 is 43.2 Å². The minimum Gasteiger partial charge on any atom is -0.504 e. The van der Waals surface area contributed by atoms with Crippen molar-refractivity contribution in [2.24, 2.45) is 0 Å². The number of thiazole rings is 1. The maximum absolute atomic E-state index is 10.7. The van der Waals surface area contributed by atoms with Crippen LogP contribution in [0.2, 0.25) is 0 Å². The fraction of sp³-hybridized carbons (Fsp3) is 0.208. The molecule has 0 unspecified atom stereocenters. The maximum atomic E-state index is 10.7. The Morgan fingerprint density at radius 2 is 1.38 bits per heavy atom. The number of phenols is 2. The van der Waals surface area contributed by atoms with Gasteiger partial charge in [-0.3, -0.25) is 20.2 Å². The number of nitro groups is 2. The normalized spacial score (nSPS) is 9.97. The van der Waals surface area contributed by atoms with E-state index in [1.807, 2.05) is 18.2 Å². The third kappa shape index (κ3) is 7.83. The van der Waals surface area contributed by atoms with Gasteiger partial charge in [0.25, 0.3) is 5.69 Å². The third-order valence-electron chi connectivity index (χ3n) is 4.89. The van der Waals surface area contributed by atoms with Crippen LogP contribution in [0.3, 0.4) is 0 Å². The Labute approximate surface area is 248 Å². The van der Waals surface area contributed by atoms with E-state index in [2.05, 4.69) is 36.8 Å². The lowest BCUT2D eigenvalue weighted by Gasteiger charge is -2.07. The van der Waals surface area contributed by atoms with Gasteiger partial charge in [0.2, 0.25) is 5.75 Å². The van der Waals surface area contributed by atoms with E-state index in [0.29, 0.717) is 26.5 Å². The van der Waals surface area contributed by atoms with Crippen LogP contribution < -0.4 is 18.9 Å². The maximum Gasteiger partial charge on any atom is 0.333 e. The first-order chi connectivity index (χ1) is 18.9. The van der Waals surface area contributed by atoms with Gasteiger partial charge in [0.1, 0.15) is 4.70 Å². The topological polar surface area (TPSA) is 177 Å². The van der Waals surface area contributed by atoms with E-state index in [-0.39, 0.29) is 10.4 Å². The van der Waals surface area contributed by atoms with Crippen molar-refractivity contribution in [2.75, 3.05) is 28.4 Å². The molecule has 4 rings (SSSR count). The van der Waals surface area contributed by atoms with Gasteiger partial charge in [-0.25, -0.2) is 4.98 Å². The molecule has 0 spiro atoms. The summed E-state index contributed by atoms with van der Waals surface area (Å²) >= 11 is 7.51. The van der Waals surface area contributed by atoms with Crippen LogP contribution in [-0.4, -0.2) is 53.5 Å². The summed E-state index contributed by atoms with van der Waals surface area (Å²) in [5.41, 5.74) is -0.224. The highest BCUT2D eigenvalue weighted by atomic mass is 79.9. The molecule has 3 aromatic carbocycles. The zero-order valence-corrected chi connectivity index (χ0v) is 25.6. The molecule has 0 aliphatic heterocycles. The summed E-state index contributed by atoms with van der Waals surface area (Å²) in [4.78, 5) is 24.1. The summed E-state index contributed by atoms with van der Waals surface area (Å²) in [7, 11) is 6.13. The lowest BCUT2D eigenvalue weighted by molar-refractivity contribution is -0.385. The Morgan fingerprint density at radius 1 is 0.825 bits per heavy atom. The van der Waals surface area contributed by atoms with Crippen molar-refractivity contribution in [2.45, 2.75) is 6.92 Å². The molecule has 1 heterocycles. The minimum atomic E-state index is -0.727. The number of aromatic nitrogens is 1. The Hall–Kier alpha value is -3.89. The Morgan fingerprint density at radius 3 is 1.90 bits per heavy atom. The van der Waals surface area contributed by atoms with Gasteiger partial charge in [-0.2, -0.15) is 0 Å². The average molecular weight is 705 g/mol. The van der Waals surface area contributed by atoms with Crippen LogP contribution in [0, 0.1) is 27.2 Å². The van der Waals surface area contributed by atoms with E-state index < -0.39 is 27.0 Å². The molecule has 0 aliphatic carbocycles. The first-order valence-corrected chi connectivity index (χ1v) is 13.2. The second-order valence-electron chi connectivity index (χ2n) is 7.35. The molecule has 1 aromatic heterocycles. The number of nitro benzene ring substituents is 2. The largest absolute Gasteiger partial charge is 0.504 e. The molecule has 0 amide bonds. The van der Waals surface area contributed by atoms with Gasteiger partial charge in [-0.1, -0.05) is 15.9 Å². The van der Waals surface area contributed by atoms with Gasteiger partial charge in [0.05, 0.1) is 59.3 Å². The van der Waals surface area contributed by atoms with Crippen molar-refractivity contribution < 1.29 is 39.0 Å². The molecule has 2 N–H and O–H groups in total. The van der Waals surface area contributed by atoms with Crippen molar-refractivity contribution in [3.8, 4) is 34.5 Å². The molecule has 0 aliphatic rings. The average Bonchev–Trinajstić information content (AvgIpc) is 3.28. The van der Waals surface area contributed by atoms with Crippen LogP contribution in [0.5, 0.6) is 34.5 Å². The van der Waals surface area contributed by atoms with Crippen molar-refractivity contribution in [1.29, 1.82) is 0 Å². The molecule has 13 nitrogen and oxygen atoms in total. The molecule has 0 saturated heterocycles. The molecule has 0 saturated carbocycles. The number of hydrogen-bond acceptors (Lipinski definition) is 12. The van der Waals surface area contributed by atoms with E-state index in [1.165, 1.54) is 32.4 Å². The van der Waals surface area contributed by atoms with E-state index >= 15 is 0 Å². The highest BCUT2D eigenvalue weighted by Gasteiger charge is 2.24. The highest BCUT2D eigenvalue weighted by molar-refractivity contribution is 9.10. The first-order valence-electron chi connectivity index (χ1n) is 10.8. The number of methoxy groups -OCH3 is 4. The van der Waals surface area contributed by atoms with Gasteiger partial charge in [-0.15, -0.1) is 11.3 Å². The van der Waals surface area contributed by atoms with Crippen LogP contribution in [0.1, 0.15) is 5.01 Å². The summed E-state index contributed by atoms with van der Waals surface area (Å²) in [5, 5.41) is 40.5. The van der Waals surface area contributed by atoms with Gasteiger partial charge in [-0.05, 0) is 41.1 Å². The number of hydrogen-bond donors (Lipinski definition) is 2. The quantitative estimate of drug-likeness (QED) is 0.123. The number of aromatic hydroxyl groups is 2. The summed E-state index contributed by atoms with van der Waals surface area (Å²) in [6.45, 7) is 1.70. The number of rotatable bonds is 6. The standard InChI is InChI=1S/C8H8BrNO4.C8H9BrO2.C8H6N2O4S/c1-13-7-3-5(9)6(10(11)12)4-8(7)14-2;1-10-7-4-3-6(9)5-8(7)11-2;1-3-9-4-2-5(11)7(12)6(10(13)14)8(4)15-3/h3-4H,1-2H3;3-5H,1-2H3;2,11-12H,1H3. The fourth-order valence-corrected chi connectivity index (χ4v) is 4.82. The van der Waals surface area contributed by atoms with E-state index in [4.69, 9.17) is 18.9 Å². The van der Waals surface area contributed by atoms with Crippen molar-refractivity contribution >= 4 is 64.8 Å². The number of fused-ring (bicyclic) bond motifs is 1. The SMILES string of the molecule is COc1cc(Br)c([N+](=O)[O-])cc1OC.COc1ccc(Br)cc1OC.Cc1nc2cc(O)c(O)c([N+](=O)[O-])c2s1. The van der Waals surface area contributed by atoms with Gasteiger partial charge in [0.15, 0.2) is 28.7 Å². The lowest BCUT2D eigenvalue weighted by atomic mass is 10.2. The molecule has 16 heteroatoms. The lowest BCUT2D eigenvalue weighted by Crippen LogP contribution is -1.94. The number of nitrogens with zero attached hydrogens (tertiary/aromatic N) is 3. The smallest absolute Gasteiger partial charge is 0.333 e. The molecule has 0 radical (unpaired) electrons. The molecule has 0 fully saturated rings.